The highest BCUT2D eigenvalue weighted by Crippen LogP contribution is 2.15. The first-order chi connectivity index (χ1) is 9.12. The third-order valence-corrected chi connectivity index (χ3v) is 3.50. The van der Waals surface area contributed by atoms with Gasteiger partial charge < -0.3 is 19.5 Å². The number of methoxy groups -OCH3 is 1. The van der Waals surface area contributed by atoms with E-state index >= 15 is 0 Å². The van der Waals surface area contributed by atoms with Crippen molar-refractivity contribution < 1.29 is 19.0 Å². The second kappa shape index (κ2) is 8.51. The standard InChI is InChI=1S/C14H27NO4/c1-4-15-14(2,13(16)17-3)8-6-9-18-11-12-7-5-10-19-12/h12,15H,4-11H2,1-3H3. The molecule has 0 aromatic heterocycles. The minimum absolute atomic E-state index is 0.214. The molecule has 0 bridgehead atoms. The van der Waals surface area contributed by atoms with Gasteiger partial charge in [0, 0.05) is 13.2 Å². The average molecular weight is 273 g/mol. The van der Waals surface area contributed by atoms with E-state index in [-0.39, 0.29) is 12.1 Å². The number of esters is 1. The summed E-state index contributed by atoms with van der Waals surface area (Å²) >= 11 is 0. The van der Waals surface area contributed by atoms with Crippen LogP contribution in [0.15, 0.2) is 0 Å². The van der Waals surface area contributed by atoms with Gasteiger partial charge in [-0.25, -0.2) is 0 Å². The zero-order chi connectivity index (χ0) is 14.1. The molecular weight excluding hydrogens is 246 g/mol. The summed E-state index contributed by atoms with van der Waals surface area (Å²) in [6.45, 7) is 6.77. The maximum atomic E-state index is 11.8. The van der Waals surface area contributed by atoms with E-state index in [1.54, 1.807) is 0 Å². The first-order valence-electron chi connectivity index (χ1n) is 7.15. The van der Waals surface area contributed by atoms with Crippen molar-refractivity contribution in [2.45, 2.75) is 51.2 Å². The molecule has 2 atom stereocenters. The van der Waals surface area contributed by atoms with Gasteiger partial charge in [0.15, 0.2) is 0 Å². The Kier molecular flexibility index (Phi) is 7.34. The minimum atomic E-state index is -0.614. The molecule has 0 aliphatic carbocycles. The highest BCUT2D eigenvalue weighted by atomic mass is 16.5. The molecule has 1 rings (SSSR count). The Hall–Kier alpha value is -0.650. The van der Waals surface area contributed by atoms with Crippen LogP contribution in [0.5, 0.6) is 0 Å². The fraction of sp³-hybridized carbons (Fsp3) is 0.929. The smallest absolute Gasteiger partial charge is 0.325 e. The molecule has 0 aromatic carbocycles. The van der Waals surface area contributed by atoms with E-state index < -0.39 is 5.54 Å². The van der Waals surface area contributed by atoms with Crippen molar-refractivity contribution in [2.75, 3.05) is 33.5 Å². The lowest BCUT2D eigenvalue weighted by molar-refractivity contribution is -0.148. The topological polar surface area (TPSA) is 56.8 Å². The molecule has 2 unspecified atom stereocenters. The molecule has 1 heterocycles. The van der Waals surface area contributed by atoms with Gasteiger partial charge in [-0.15, -0.1) is 0 Å². The summed E-state index contributed by atoms with van der Waals surface area (Å²) in [5.74, 6) is -0.214. The van der Waals surface area contributed by atoms with Crippen LogP contribution in [0.1, 0.15) is 39.5 Å². The van der Waals surface area contributed by atoms with E-state index in [4.69, 9.17) is 14.2 Å². The zero-order valence-electron chi connectivity index (χ0n) is 12.4. The molecule has 0 radical (unpaired) electrons. The van der Waals surface area contributed by atoms with Crippen LogP contribution in [-0.4, -0.2) is 51.1 Å². The highest BCUT2D eigenvalue weighted by molar-refractivity contribution is 5.80. The van der Waals surface area contributed by atoms with E-state index in [2.05, 4.69) is 5.32 Å². The second-order valence-corrected chi connectivity index (χ2v) is 5.17. The molecule has 0 amide bonds. The van der Waals surface area contributed by atoms with E-state index in [0.717, 1.165) is 32.4 Å². The van der Waals surface area contributed by atoms with Crippen LogP contribution in [-0.2, 0) is 19.0 Å². The van der Waals surface area contributed by atoms with E-state index in [1.807, 2.05) is 13.8 Å². The third-order valence-electron chi connectivity index (χ3n) is 3.50. The van der Waals surface area contributed by atoms with Crippen LogP contribution in [0.25, 0.3) is 0 Å². The molecule has 1 aliphatic rings. The summed E-state index contributed by atoms with van der Waals surface area (Å²) in [6, 6.07) is 0. The lowest BCUT2D eigenvalue weighted by Crippen LogP contribution is -2.50. The second-order valence-electron chi connectivity index (χ2n) is 5.17. The van der Waals surface area contributed by atoms with Gasteiger partial charge in [0.25, 0.3) is 0 Å². The van der Waals surface area contributed by atoms with Gasteiger partial charge in [-0.2, -0.15) is 0 Å². The van der Waals surface area contributed by atoms with Gasteiger partial charge in [-0.05, 0) is 39.2 Å². The van der Waals surface area contributed by atoms with Crippen molar-refractivity contribution in [3.05, 3.63) is 0 Å². The Morgan fingerprint density at radius 1 is 1.53 bits per heavy atom. The van der Waals surface area contributed by atoms with Crippen LogP contribution in [0.2, 0.25) is 0 Å². The monoisotopic (exact) mass is 273 g/mol. The molecular formula is C14H27NO4. The van der Waals surface area contributed by atoms with Crippen LogP contribution in [0, 0.1) is 0 Å². The molecule has 1 aliphatic heterocycles. The summed E-state index contributed by atoms with van der Waals surface area (Å²) in [7, 11) is 1.42. The van der Waals surface area contributed by atoms with E-state index in [1.165, 1.54) is 7.11 Å². The lowest BCUT2D eigenvalue weighted by atomic mass is 9.96. The Labute approximate surface area is 116 Å². The fourth-order valence-corrected chi connectivity index (χ4v) is 2.40. The molecule has 5 nitrogen and oxygen atoms in total. The quantitative estimate of drug-likeness (QED) is 0.510. The van der Waals surface area contributed by atoms with Crippen LogP contribution >= 0.6 is 0 Å². The molecule has 0 spiro atoms. The predicted octanol–water partition coefficient (Wildman–Crippen LogP) is 1.50. The highest BCUT2D eigenvalue weighted by Gasteiger charge is 2.32. The normalized spacial score (nSPS) is 22.2. The SMILES string of the molecule is CCNC(C)(CCCOCC1CCCO1)C(=O)OC. The van der Waals surface area contributed by atoms with Gasteiger partial charge in [0.2, 0.25) is 0 Å². The van der Waals surface area contributed by atoms with Gasteiger partial charge in [-0.3, -0.25) is 4.79 Å². The van der Waals surface area contributed by atoms with Crippen LogP contribution < -0.4 is 5.32 Å². The minimum Gasteiger partial charge on any atom is -0.468 e. The number of hydrogen-bond donors (Lipinski definition) is 1. The summed E-state index contributed by atoms with van der Waals surface area (Å²) in [5.41, 5.74) is -0.614. The molecule has 5 heteroatoms. The first-order valence-corrected chi connectivity index (χ1v) is 7.15. The van der Waals surface area contributed by atoms with Crippen molar-refractivity contribution in [3.63, 3.8) is 0 Å². The number of likely N-dealkylation sites (N-methyl/N-ethyl adjacent to an activating group) is 1. The summed E-state index contributed by atoms with van der Waals surface area (Å²) in [4.78, 5) is 11.8. The van der Waals surface area contributed by atoms with Gasteiger partial charge in [0.05, 0.1) is 19.8 Å². The molecule has 0 aromatic rings. The number of rotatable bonds is 9. The number of carbonyl (C=O) groups excluding carboxylic acids is 1. The molecule has 1 saturated heterocycles. The van der Waals surface area contributed by atoms with Crippen molar-refractivity contribution in [1.29, 1.82) is 0 Å². The Morgan fingerprint density at radius 3 is 2.89 bits per heavy atom. The molecule has 1 fully saturated rings. The van der Waals surface area contributed by atoms with Gasteiger partial charge in [0.1, 0.15) is 5.54 Å². The Morgan fingerprint density at radius 2 is 2.32 bits per heavy atom. The summed E-state index contributed by atoms with van der Waals surface area (Å²) in [5, 5.41) is 3.19. The van der Waals surface area contributed by atoms with Crippen LogP contribution in [0.3, 0.4) is 0 Å². The largest absolute Gasteiger partial charge is 0.468 e. The maximum absolute atomic E-state index is 11.8. The fourth-order valence-electron chi connectivity index (χ4n) is 2.40. The Bertz CT molecular complexity index is 266. The van der Waals surface area contributed by atoms with Crippen molar-refractivity contribution >= 4 is 5.97 Å². The number of hydrogen-bond acceptors (Lipinski definition) is 5. The number of nitrogens with one attached hydrogen (secondary N) is 1. The molecule has 112 valence electrons. The zero-order valence-corrected chi connectivity index (χ0v) is 12.4. The van der Waals surface area contributed by atoms with E-state index in [0.29, 0.717) is 19.6 Å². The molecule has 19 heavy (non-hydrogen) atoms. The van der Waals surface area contributed by atoms with Crippen molar-refractivity contribution in [2.24, 2.45) is 0 Å². The van der Waals surface area contributed by atoms with Crippen molar-refractivity contribution in [3.8, 4) is 0 Å². The number of carbonyl (C=O) groups is 1. The molecule has 1 N–H and O–H groups in total. The maximum Gasteiger partial charge on any atom is 0.325 e. The third kappa shape index (κ3) is 5.47. The van der Waals surface area contributed by atoms with Gasteiger partial charge in [-0.1, -0.05) is 6.92 Å². The number of ether oxygens (including phenoxy) is 3. The van der Waals surface area contributed by atoms with Crippen molar-refractivity contribution in [1.82, 2.24) is 5.32 Å². The molecule has 0 saturated carbocycles. The Balaban J connectivity index is 2.18. The average Bonchev–Trinajstić information content (AvgIpc) is 2.91. The van der Waals surface area contributed by atoms with Crippen LogP contribution in [0.4, 0.5) is 0 Å². The lowest BCUT2D eigenvalue weighted by Gasteiger charge is -2.27. The van der Waals surface area contributed by atoms with Gasteiger partial charge >= 0.3 is 5.97 Å². The summed E-state index contributed by atoms with van der Waals surface area (Å²) < 4.78 is 15.9. The first kappa shape index (κ1) is 16.4. The summed E-state index contributed by atoms with van der Waals surface area (Å²) in [6.07, 6.45) is 4.02. The van der Waals surface area contributed by atoms with E-state index in [9.17, 15) is 4.79 Å². The predicted molar refractivity (Wildman–Crippen MR) is 73.1 cm³/mol.